The molecule has 4 nitrogen and oxygen atoms in total. The van der Waals surface area contributed by atoms with Crippen LogP contribution >= 0.6 is 12.4 Å². The molecule has 1 unspecified atom stereocenters. The van der Waals surface area contributed by atoms with Crippen LogP contribution in [0.5, 0.6) is 5.75 Å². The molecule has 2 aromatic rings. The summed E-state index contributed by atoms with van der Waals surface area (Å²) in [5.74, 6) is -0.756. The van der Waals surface area contributed by atoms with Crippen molar-refractivity contribution in [1.82, 2.24) is 4.90 Å². The molecule has 2 rings (SSSR count). The van der Waals surface area contributed by atoms with E-state index in [0.717, 1.165) is 0 Å². The number of benzene rings is 2. The molecule has 1 amide bonds. The monoisotopic (exact) mass is 388 g/mol. The first-order valence-electron chi connectivity index (χ1n) is 7.55. The summed E-state index contributed by atoms with van der Waals surface area (Å²) in [5.41, 5.74) is 5.73. The molecule has 0 saturated heterocycles. The van der Waals surface area contributed by atoms with Gasteiger partial charge < -0.3 is 15.4 Å². The topological polar surface area (TPSA) is 55.6 Å². The maximum Gasteiger partial charge on any atom is 0.573 e. The maximum atomic E-state index is 12.7. The number of hydrogen-bond acceptors (Lipinski definition) is 3. The number of nitrogens with two attached hydrogens (primary N) is 1. The van der Waals surface area contributed by atoms with Gasteiger partial charge in [-0.05, 0) is 18.6 Å². The first-order valence-corrected chi connectivity index (χ1v) is 7.55. The molecule has 1 atom stereocenters. The second kappa shape index (κ2) is 8.42. The average Bonchev–Trinajstić information content (AvgIpc) is 2.55. The van der Waals surface area contributed by atoms with Crippen molar-refractivity contribution in [2.45, 2.75) is 25.4 Å². The molecule has 0 saturated carbocycles. The molecule has 0 heterocycles. The molecule has 0 aliphatic carbocycles. The van der Waals surface area contributed by atoms with Crippen LogP contribution in [-0.2, 0) is 16.9 Å². The Morgan fingerprint density at radius 1 is 1.08 bits per heavy atom. The van der Waals surface area contributed by atoms with Crippen LogP contribution in [0.1, 0.15) is 18.1 Å². The van der Waals surface area contributed by atoms with E-state index < -0.39 is 17.8 Å². The summed E-state index contributed by atoms with van der Waals surface area (Å²) < 4.78 is 41.5. The molecule has 0 aromatic heterocycles. The predicted octanol–water partition coefficient (Wildman–Crippen LogP) is 3.84. The smallest absolute Gasteiger partial charge is 0.405 e. The Morgan fingerprint density at radius 2 is 1.62 bits per heavy atom. The fraction of sp³-hybridized carbons (Fsp3) is 0.278. The lowest BCUT2D eigenvalue weighted by Gasteiger charge is -2.30. The van der Waals surface area contributed by atoms with Gasteiger partial charge >= 0.3 is 6.36 Å². The minimum atomic E-state index is -4.80. The molecule has 0 bridgehead atoms. The maximum absolute atomic E-state index is 12.7. The van der Waals surface area contributed by atoms with E-state index in [4.69, 9.17) is 5.73 Å². The summed E-state index contributed by atoms with van der Waals surface area (Å²) >= 11 is 0. The van der Waals surface area contributed by atoms with Gasteiger partial charge in [-0.2, -0.15) is 0 Å². The van der Waals surface area contributed by atoms with Crippen LogP contribution in [0.3, 0.4) is 0 Å². The first kappa shape index (κ1) is 21.8. The molecule has 0 fully saturated rings. The van der Waals surface area contributed by atoms with Crippen LogP contribution in [0.4, 0.5) is 13.2 Å². The summed E-state index contributed by atoms with van der Waals surface area (Å²) in [6, 6.07) is 14.5. The van der Waals surface area contributed by atoms with Gasteiger partial charge in [-0.15, -0.1) is 25.6 Å². The highest BCUT2D eigenvalue weighted by atomic mass is 35.5. The van der Waals surface area contributed by atoms with E-state index in [1.807, 2.05) is 0 Å². The summed E-state index contributed by atoms with van der Waals surface area (Å²) in [4.78, 5) is 14.0. The molecule has 2 N–H and O–H groups in total. The van der Waals surface area contributed by atoms with E-state index in [2.05, 4.69) is 4.74 Å². The van der Waals surface area contributed by atoms with Crippen molar-refractivity contribution in [2.75, 3.05) is 7.05 Å². The number of carbonyl (C=O) groups is 1. The third-order valence-electron chi connectivity index (χ3n) is 3.77. The van der Waals surface area contributed by atoms with Crippen molar-refractivity contribution in [1.29, 1.82) is 0 Å². The Hall–Kier alpha value is -2.25. The molecule has 0 radical (unpaired) electrons. The zero-order valence-corrected chi connectivity index (χ0v) is 15.1. The van der Waals surface area contributed by atoms with Gasteiger partial charge in [-0.1, -0.05) is 48.5 Å². The summed E-state index contributed by atoms with van der Waals surface area (Å²) in [5, 5.41) is 0. The number of para-hydroxylation sites is 1. The van der Waals surface area contributed by atoms with Gasteiger partial charge in [0.15, 0.2) is 0 Å². The van der Waals surface area contributed by atoms with Crippen molar-refractivity contribution < 1.29 is 22.7 Å². The van der Waals surface area contributed by atoms with E-state index in [0.29, 0.717) is 5.56 Å². The highest BCUT2D eigenvalue weighted by Crippen LogP contribution is 2.28. The van der Waals surface area contributed by atoms with E-state index in [9.17, 15) is 18.0 Å². The largest absolute Gasteiger partial charge is 0.573 e. The van der Waals surface area contributed by atoms with Crippen molar-refractivity contribution in [3.05, 3.63) is 65.7 Å². The van der Waals surface area contributed by atoms with Gasteiger partial charge in [-0.3, -0.25) is 4.79 Å². The van der Waals surface area contributed by atoms with Gasteiger partial charge in [0.05, 0.1) is 0 Å². The summed E-state index contributed by atoms with van der Waals surface area (Å²) in [6.45, 7) is 1.50. The molecule has 0 aliphatic rings. The molecular weight excluding hydrogens is 369 g/mol. The fourth-order valence-electron chi connectivity index (χ4n) is 2.49. The van der Waals surface area contributed by atoms with E-state index in [-0.39, 0.29) is 30.3 Å². The van der Waals surface area contributed by atoms with Gasteiger partial charge in [0.1, 0.15) is 11.3 Å². The summed E-state index contributed by atoms with van der Waals surface area (Å²) in [6.07, 6.45) is -4.80. The molecular formula is C18H20ClF3N2O2. The molecule has 0 aliphatic heterocycles. The van der Waals surface area contributed by atoms with Crippen molar-refractivity contribution in [3.8, 4) is 5.75 Å². The van der Waals surface area contributed by atoms with Gasteiger partial charge in [0.25, 0.3) is 0 Å². The highest BCUT2D eigenvalue weighted by molar-refractivity contribution is 5.87. The van der Waals surface area contributed by atoms with E-state index in [1.165, 1.54) is 30.1 Å². The zero-order valence-electron chi connectivity index (χ0n) is 14.3. The number of rotatable bonds is 5. The average molecular weight is 389 g/mol. The van der Waals surface area contributed by atoms with E-state index in [1.54, 1.807) is 43.3 Å². The van der Waals surface area contributed by atoms with Crippen LogP contribution in [0.25, 0.3) is 0 Å². The number of alkyl halides is 3. The lowest BCUT2D eigenvalue weighted by Crippen LogP contribution is -2.49. The highest BCUT2D eigenvalue weighted by Gasteiger charge is 2.34. The quantitative estimate of drug-likeness (QED) is 0.846. The van der Waals surface area contributed by atoms with Crippen molar-refractivity contribution in [3.63, 3.8) is 0 Å². The fourth-order valence-corrected chi connectivity index (χ4v) is 2.49. The second-order valence-corrected chi connectivity index (χ2v) is 5.89. The van der Waals surface area contributed by atoms with Crippen LogP contribution in [0.15, 0.2) is 54.6 Å². The lowest BCUT2D eigenvalue weighted by atomic mass is 9.91. The standard InChI is InChI=1S/C18H19F3N2O2.ClH/c1-17(22,14-9-4-3-5-10-14)16(24)23(2)12-13-8-6-7-11-15(13)25-18(19,20)21;/h3-11H,12,22H2,1-2H3;1H. The third kappa shape index (κ3) is 5.37. The normalized spacial score (nSPS) is 13.3. The number of halogens is 4. The Balaban J connectivity index is 0.00000338. The van der Waals surface area contributed by atoms with E-state index >= 15 is 0 Å². The Labute approximate surface area is 156 Å². The van der Waals surface area contributed by atoms with Gasteiger partial charge in [0.2, 0.25) is 5.91 Å². The van der Waals surface area contributed by atoms with Crippen LogP contribution in [-0.4, -0.2) is 24.2 Å². The molecule has 0 spiro atoms. The number of carbonyl (C=O) groups excluding carboxylic acids is 1. The number of hydrogen-bond donors (Lipinski definition) is 1. The Bertz CT molecular complexity index is 737. The predicted molar refractivity (Wildman–Crippen MR) is 94.8 cm³/mol. The van der Waals surface area contributed by atoms with Crippen molar-refractivity contribution >= 4 is 18.3 Å². The molecule has 26 heavy (non-hydrogen) atoms. The second-order valence-electron chi connectivity index (χ2n) is 5.89. The van der Waals surface area contributed by atoms with Crippen molar-refractivity contribution in [2.24, 2.45) is 5.73 Å². The SMILES string of the molecule is CN(Cc1ccccc1OC(F)(F)F)C(=O)C(C)(N)c1ccccc1.Cl. The zero-order chi connectivity index (χ0) is 18.7. The number of ether oxygens (including phenoxy) is 1. The summed E-state index contributed by atoms with van der Waals surface area (Å²) in [7, 11) is 1.49. The van der Waals surface area contributed by atoms with Gasteiger partial charge in [-0.25, -0.2) is 0 Å². The third-order valence-corrected chi connectivity index (χ3v) is 3.77. The minimum absolute atomic E-state index is 0. The van der Waals surface area contributed by atoms with Gasteiger partial charge in [0, 0.05) is 19.2 Å². The van der Waals surface area contributed by atoms with Crippen LogP contribution in [0.2, 0.25) is 0 Å². The Morgan fingerprint density at radius 3 is 2.19 bits per heavy atom. The first-order chi connectivity index (χ1) is 11.6. The lowest BCUT2D eigenvalue weighted by molar-refractivity contribution is -0.275. The number of likely N-dealkylation sites (N-methyl/N-ethyl adjacent to an activating group) is 1. The number of nitrogens with zero attached hydrogens (tertiary/aromatic N) is 1. The minimum Gasteiger partial charge on any atom is -0.405 e. The van der Waals surface area contributed by atoms with Crippen LogP contribution in [0, 0.1) is 0 Å². The number of amides is 1. The Kier molecular flexibility index (Phi) is 7.06. The molecule has 142 valence electrons. The molecule has 8 heteroatoms. The molecule has 2 aromatic carbocycles. The van der Waals surface area contributed by atoms with Crippen LogP contribution < -0.4 is 10.5 Å².